The van der Waals surface area contributed by atoms with Crippen LogP contribution < -0.4 is 15.5 Å². The van der Waals surface area contributed by atoms with Crippen molar-refractivity contribution >= 4 is 29.1 Å². The van der Waals surface area contributed by atoms with Gasteiger partial charge in [-0.1, -0.05) is 19.3 Å². The van der Waals surface area contributed by atoms with Gasteiger partial charge in [0.2, 0.25) is 11.2 Å². The topological polar surface area (TPSA) is 83.0 Å². The predicted octanol–water partition coefficient (Wildman–Crippen LogP) is 4.30. The molecule has 0 unspecified atom stereocenters. The standard InChI is InChI=1S/C23H30ClFN6O/c24-23-27-13-8-20(30-23)29-22(32)18-4-5-19(25)28-21(18)31-14-9-17(10-15-31)3-1-2-16-6-11-26-12-7-16/h4-5,8,13,16-17,26H,1-3,6-7,9-12,14-15H2,(H,27,29,30,32). The molecule has 0 aliphatic carbocycles. The summed E-state index contributed by atoms with van der Waals surface area (Å²) in [6.45, 7) is 3.86. The van der Waals surface area contributed by atoms with E-state index in [1.807, 2.05) is 4.90 Å². The van der Waals surface area contributed by atoms with Gasteiger partial charge in [-0.3, -0.25) is 4.79 Å². The number of halogens is 2. The maximum atomic E-state index is 14.0. The number of anilines is 2. The molecule has 0 atom stereocenters. The van der Waals surface area contributed by atoms with Crippen molar-refractivity contribution in [1.29, 1.82) is 0 Å². The summed E-state index contributed by atoms with van der Waals surface area (Å²) in [4.78, 5) is 26.7. The average Bonchev–Trinajstić information content (AvgIpc) is 2.80. The van der Waals surface area contributed by atoms with Gasteiger partial charge in [0.1, 0.15) is 11.6 Å². The van der Waals surface area contributed by atoms with Crippen LogP contribution in [0.3, 0.4) is 0 Å². The lowest BCUT2D eigenvalue weighted by molar-refractivity contribution is 0.102. The van der Waals surface area contributed by atoms with Gasteiger partial charge < -0.3 is 15.5 Å². The number of nitrogens with one attached hydrogen (secondary N) is 2. The Hall–Kier alpha value is -2.32. The fraction of sp³-hybridized carbons (Fsp3) is 0.565. The molecule has 2 N–H and O–H groups in total. The Morgan fingerprint density at radius 3 is 2.53 bits per heavy atom. The van der Waals surface area contributed by atoms with Crippen molar-refractivity contribution in [3.05, 3.63) is 41.2 Å². The van der Waals surface area contributed by atoms with E-state index in [9.17, 15) is 9.18 Å². The van der Waals surface area contributed by atoms with Crippen LogP contribution in [0.1, 0.15) is 55.3 Å². The van der Waals surface area contributed by atoms with Gasteiger partial charge in [-0.2, -0.15) is 4.39 Å². The zero-order valence-electron chi connectivity index (χ0n) is 18.2. The van der Waals surface area contributed by atoms with Gasteiger partial charge in [0.05, 0.1) is 5.56 Å². The summed E-state index contributed by atoms with van der Waals surface area (Å²) in [5, 5.41) is 6.17. The van der Waals surface area contributed by atoms with E-state index in [1.165, 1.54) is 50.4 Å². The molecule has 0 spiro atoms. The van der Waals surface area contributed by atoms with Crippen LogP contribution in [0, 0.1) is 17.8 Å². The molecular weight excluding hydrogens is 431 g/mol. The van der Waals surface area contributed by atoms with Crippen LogP contribution in [0.5, 0.6) is 0 Å². The Labute approximate surface area is 193 Å². The van der Waals surface area contributed by atoms with Crippen molar-refractivity contribution in [2.75, 3.05) is 36.4 Å². The van der Waals surface area contributed by atoms with Crippen LogP contribution in [-0.2, 0) is 0 Å². The normalized spacial score (nSPS) is 18.0. The monoisotopic (exact) mass is 460 g/mol. The maximum absolute atomic E-state index is 14.0. The minimum absolute atomic E-state index is 0.0440. The van der Waals surface area contributed by atoms with Crippen LogP contribution in [0.4, 0.5) is 16.0 Å². The number of pyridine rings is 1. The molecule has 4 rings (SSSR count). The van der Waals surface area contributed by atoms with E-state index in [2.05, 4.69) is 25.6 Å². The summed E-state index contributed by atoms with van der Waals surface area (Å²) in [5.74, 6) is 1.24. The van der Waals surface area contributed by atoms with Gasteiger partial charge in [-0.25, -0.2) is 15.0 Å². The third kappa shape index (κ3) is 6.13. The Morgan fingerprint density at radius 1 is 1.09 bits per heavy atom. The van der Waals surface area contributed by atoms with Gasteiger partial charge in [-0.05, 0) is 80.4 Å². The molecule has 32 heavy (non-hydrogen) atoms. The van der Waals surface area contributed by atoms with Crippen molar-refractivity contribution in [3.8, 4) is 0 Å². The molecule has 2 aromatic rings. The van der Waals surface area contributed by atoms with E-state index in [0.717, 1.165) is 44.9 Å². The number of carbonyl (C=O) groups is 1. The fourth-order valence-electron chi connectivity index (χ4n) is 4.73. The Kier molecular flexibility index (Phi) is 7.86. The lowest BCUT2D eigenvalue weighted by atomic mass is 9.87. The fourth-order valence-corrected chi connectivity index (χ4v) is 4.88. The molecule has 0 saturated carbocycles. The number of nitrogens with zero attached hydrogens (tertiary/aromatic N) is 4. The third-order valence-corrected chi connectivity index (χ3v) is 6.73. The van der Waals surface area contributed by atoms with Crippen molar-refractivity contribution < 1.29 is 9.18 Å². The largest absolute Gasteiger partial charge is 0.356 e. The van der Waals surface area contributed by atoms with Gasteiger partial charge in [0.15, 0.2) is 0 Å². The number of piperidine rings is 2. The smallest absolute Gasteiger partial charge is 0.260 e. The highest BCUT2D eigenvalue weighted by Crippen LogP contribution is 2.29. The first-order chi connectivity index (χ1) is 15.6. The van der Waals surface area contributed by atoms with E-state index >= 15 is 0 Å². The van der Waals surface area contributed by atoms with Gasteiger partial charge in [0, 0.05) is 19.3 Å². The zero-order chi connectivity index (χ0) is 22.3. The number of amides is 1. The van der Waals surface area contributed by atoms with Crippen LogP contribution in [-0.4, -0.2) is 47.0 Å². The molecule has 9 heteroatoms. The second-order valence-electron chi connectivity index (χ2n) is 8.72. The minimum Gasteiger partial charge on any atom is -0.356 e. The quantitative estimate of drug-likeness (QED) is 0.473. The first kappa shape index (κ1) is 22.9. The van der Waals surface area contributed by atoms with Crippen LogP contribution in [0.15, 0.2) is 24.4 Å². The third-order valence-electron chi connectivity index (χ3n) is 6.55. The molecule has 2 saturated heterocycles. The SMILES string of the molecule is O=C(Nc1ccnc(Cl)n1)c1ccc(F)nc1N1CCC(CCCC2CCNCC2)CC1. The molecule has 172 valence electrons. The Bertz CT molecular complexity index is 915. The molecule has 2 aliphatic heterocycles. The highest BCUT2D eigenvalue weighted by molar-refractivity contribution is 6.28. The molecular formula is C23H30ClFN6O. The maximum Gasteiger partial charge on any atom is 0.260 e. The number of hydrogen-bond acceptors (Lipinski definition) is 6. The summed E-state index contributed by atoms with van der Waals surface area (Å²) in [5.41, 5.74) is 0.325. The molecule has 0 aromatic carbocycles. The van der Waals surface area contributed by atoms with Crippen molar-refractivity contribution in [3.63, 3.8) is 0 Å². The Morgan fingerprint density at radius 2 is 1.81 bits per heavy atom. The first-order valence-corrected chi connectivity index (χ1v) is 11.9. The summed E-state index contributed by atoms with van der Waals surface area (Å²) in [6, 6.07) is 4.23. The molecule has 0 radical (unpaired) electrons. The first-order valence-electron chi connectivity index (χ1n) is 11.5. The van der Waals surface area contributed by atoms with Crippen LogP contribution in [0.25, 0.3) is 0 Å². The van der Waals surface area contributed by atoms with E-state index in [4.69, 9.17) is 11.6 Å². The van der Waals surface area contributed by atoms with E-state index in [-0.39, 0.29) is 11.1 Å². The molecule has 1 amide bonds. The highest BCUT2D eigenvalue weighted by atomic mass is 35.5. The highest BCUT2D eigenvalue weighted by Gasteiger charge is 2.25. The van der Waals surface area contributed by atoms with Crippen molar-refractivity contribution in [2.45, 2.75) is 44.9 Å². The zero-order valence-corrected chi connectivity index (χ0v) is 19.0. The Balaban J connectivity index is 1.33. The molecule has 2 aliphatic rings. The second-order valence-corrected chi connectivity index (χ2v) is 9.06. The molecule has 4 heterocycles. The lowest BCUT2D eigenvalue weighted by Crippen LogP contribution is -2.36. The summed E-state index contributed by atoms with van der Waals surface area (Å²) in [7, 11) is 0. The van der Waals surface area contributed by atoms with Crippen LogP contribution >= 0.6 is 11.6 Å². The second kappa shape index (κ2) is 11.0. The van der Waals surface area contributed by atoms with Gasteiger partial charge in [0.25, 0.3) is 5.91 Å². The molecule has 0 bridgehead atoms. The number of carbonyl (C=O) groups excluding carboxylic acids is 1. The minimum atomic E-state index is -0.592. The number of hydrogen-bond donors (Lipinski definition) is 2. The number of rotatable bonds is 7. The van der Waals surface area contributed by atoms with Crippen molar-refractivity contribution in [2.24, 2.45) is 11.8 Å². The lowest BCUT2D eigenvalue weighted by Gasteiger charge is -2.34. The van der Waals surface area contributed by atoms with Gasteiger partial charge in [-0.15, -0.1) is 0 Å². The summed E-state index contributed by atoms with van der Waals surface area (Å²) in [6.07, 6.45) is 9.99. The average molecular weight is 461 g/mol. The summed E-state index contributed by atoms with van der Waals surface area (Å²) >= 11 is 5.80. The predicted molar refractivity (Wildman–Crippen MR) is 124 cm³/mol. The van der Waals surface area contributed by atoms with E-state index < -0.39 is 11.9 Å². The van der Waals surface area contributed by atoms with Crippen molar-refractivity contribution in [1.82, 2.24) is 20.3 Å². The summed E-state index contributed by atoms with van der Waals surface area (Å²) < 4.78 is 14.0. The van der Waals surface area contributed by atoms with E-state index in [0.29, 0.717) is 17.3 Å². The van der Waals surface area contributed by atoms with Crippen LogP contribution in [0.2, 0.25) is 5.28 Å². The molecule has 2 aromatic heterocycles. The number of aromatic nitrogens is 3. The van der Waals surface area contributed by atoms with Gasteiger partial charge >= 0.3 is 0 Å². The molecule has 7 nitrogen and oxygen atoms in total. The van der Waals surface area contributed by atoms with E-state index in [1.54, 1.807) is 6.07 Å². The molecule has 2 fully saturated rings.